The highest BCUT2D eigenvalue weighted by molar-refractivity contribution is 6.31. The lowest BCUT2D eigenvalue weighted by Crippen LogP contribution is -2.52. The molecule has 2 N–H and O–H groups in total. The Labute approximate surface area is 126 Å². The molecule has 0 unspecified atom stereocenters. The average Bonchev–Trinajstić information content (AvgIpc) is 3.01. The first-order valence-electron chi connectivity index (χ1n) is 6.51. The van der Waals surface area contributed by atoms with Crippen LogP contribution < -0.4 is 5.32 Å². The van der Waals surface area contributed by atoms with Gasteiger partial charge in [0.05, 0.1) is 0 Å². The number of nitrogens with one attached hydrogen (secondary N) is 2. The van der Waals surface area contributed by atoms with E-state index in [0.29, 0.717) is 29.4 Å². The number of hydrogen-bond acceptors (Lipinski definition) is 3. The summed E-state index contributed by atoms with van der Waals surface area (Å²) in [5, 5.41) is 9.63. The van der Waals surface area contributed by atoms with Gasteiger partial charge in [0.15, 0.2) is 0 Å². The van der Waals surface area contributed by atoms with E-state index in [-0.39, 0.29) is 11.8 Å². The van der Waals surface area contributed by atoms with Crippen molar-refractivity contribution in [3.63, 3.8) is 0 Å². The van der Waals surface area contributed by atoms with Crippen LogP contribution in [0.4, 0.5) is 0 Å². The fourth-order valence-corrected chi connectivity index (χ4v) is 2.66. The smallest absolute Gasteiger partial charge is 0.272 e. The third-order valence-electron chi connectivity index (χ3n) is 3.40. The number of benzene rings is 1. The Morgan fingerprint density at radius 1 is 1.33 bits per heavy atom. The third kappa shape index (κ3) is 2.50. The topological polar surface area (TPSA) is 78.1 Å². The molecule has 108 valence electrons. The van der Waals surface area contributed by atoms with Gasteiger partial charge in [0, 0.05) is 29.9 Å². The SMILES string of the molecule is O=C1NCCN(C(=O)c2ccn[nH]2)[C@@H]1c1ccccc1Cl. The lowest BCUT2D eigenvalue weighted by molar-refractivity contribution is -0.128. The summed E-state index contributed by atoms with van der Waals surface area (Å²) in [6, 6.07) is 7.89. The fourth-order valence-electron chi connectivity index (χ4n) is 2.42. The standard InChI is InChI=1S/C14H13ClN4O2/c15-10-4-2-1-3-9(10)12-13(20)16-7-8-19(12)14(21)11-5-6-17-18-11/h1-6,12H,7-8H2,(H,16,20)(H,17,18)/t12-/m1/s1. The number of rotatable bonds is 2. The Balaban J connectivity index is 1.99. The number of halogens is 1. The molecule has 1 aromatic carbocycles. The number of nitrogens with zero attached hydrogens (tertiary/aromatic N) is 2. The lowest BCUT2D eigenvalue weighted by Gasteiger charge is -2.35. The van der Waals surface area contributed by atoms with Crippen molar-refractivity contribution in [1.82, 2.24) is 20.4 Å². The van der Waals surface area contributed by atoms with Crippen LogP contribution in [-0.2, 0) is 4.79 Å². The van der Waals surface area contributed by atoms with Gasteiger partial charge >= 0.3 is 0 Å². The van der Waals surface area contributed by atoms with Crippen LogP contribution in [0.25, 0.3) is 0 Å². The van der Waals surface area contributed by atoms with E-state index in [1.165, 1.54) is 11.1 Å². The van der Waals surface area contributed by atoms with Crippen molar-refractivity contribution in [3.8, 4) is 0 Å². The molecular weight excluding hydrogens is 292 g/mol. The van der Waals surface area contributed by atoms with Gasteiger partial charge in [-0.25, -0.2) is 0 Å². The molecule has 2 heterocycles. The Morgan fingerprint density at radius 2 is 2.14 bits per heavy atom. The highest BCUT2D eigenvalue weighted by Crippen LogP contribution is 2.30. The van der Waals surface area contributed by atoms with Crippen molar-refractivity contribution in [2.75, 3.05) is 13.1 Å². The van der Waals surface area contributed by atoms with Crippen molar-refractivity contribution >= 4 is 23.4 Å². The predicted molar refractivity (Wildman–Crippen MR) is 76.8 cm³/mol. The van der Waals surface area contributed by atoms with Gasteiger partial charge in [-0.3, -0.25) is 14.7 Å². The maximum Gasteiger partial charge on any atom is 0.272 e. The first-order chi connectivity index (χ1) is 10.2. The van der Waals surface area contributed by atoms with Crippen LogP contribution in [0.15, 0.2) is 36.5 Å². The normalized spacial score (nSPS) is 18.4. The molecule has 0 spiro atoms. The minimum absolute atomic E-state index is 0.234. The first kappa shape index (κ1) is 13.6. The first-order valence-corrected chi connectivity index (χ1v) is 6.89. The Bertz CT molecular complexity index is 671. The van der Waals surface area contributed by atoms with Crippen molar-refractivity contribution in [3.05, 3.63) is 52.8 Å². The van der Waals surface area contributed by atoms with Crippen molar-refractivity contribution in [2.45, 2.75) is 6.04 Å². The number of aromatic amines is 1. The monoisotopic (exact) mass is 304 g/mol. The second-order valence-electron chi connectivity index (χ2n) is 4.68. The second kappa shape index (κ2) is 5.57. The Kier molecular flexibility index (Phi) is 3.62. The molecule has 0 radical (unpaired) electrons. The molecule has 0 bridgehead atoms. The molecular formula is C14H13ClN4O2. The van der Waals surface area contributed by atoms with E-state index < -0.39 is 6.04 Å². The zero-order chi connectivity index (χ0) is 14.8. The molecule has 0 aliphatic carbocycles. The Hall–Kier alpha value is -2.34. The fraction of sp³-hybridized carbons (Fsp3) is 0.214. The maximum atomic E-state index is 12.5. The van der Waals surface area contributed by atoms with Gasteiger partial charge in [0.1, 0.15) is 11.7 Å². The second-order valence-corrected chi connectivity index (χ2v) is 5.09. The van der Waals surface area contributed by atoms with E-state index in [1.54, 1.807) is 30.3 Å². The average molecular weight is 305 g/mol. The minimum atomic E-state index is -0.733. The maximum absolute atomic E-state index is 12.5. The van der Waals surface area contributed by atoms with Gasteiger partial charge in [-0.15, -0.1) is 0 Å². The van der Waals surface area contributed by atoms with Crippen LogP contribution in [0.5, 0.6) is 0 Å². The molecule has 0 saturated carbocycles. The van der Waals surface area contributed by atoms with Crippen molar-refractivity contribution in [1.29, 1.82) is 0 Å². The molecule has 2 aromatic rings. The van der Waals surface area contributed by atoms with Gasteiger partial charge in [-0.2, -0.15) is 5.10 Å². The zero-order valence-corrected chi connectivity index (χ0v) is 11.8. The van der Waals surface area contributed by atoms with Gasteiger partial charge in [-0.05, 0) is 12.1 Å². The molecule has 1 atom stereocenters. The Morgan fingerprint density at radius 3 is 2.86 bits per heavy atom. The summed E-state index contributed by atoms with van der Waals surface area (Å²) in [5.74, 6) is -0.505. The van der Waals surface area contributed by atoms with Gasteiger partial charge in [0.2, 0.25) is 5.91 Å². The molecule has 7 heteroatoms. The lowest BCUT2D eigenvalue weighted by atomic mass is 10.0. The van der Waals surface area contributed by atoms with E-state index >= 15 is 0 Å². The molecule has 2 amide bonds. The molecule has 3 rings (SSSR count). The zero-order valence-electron chi connectivity index (χ0n) is 11.0. The van der Waals surface area contributed by atoms with E-state index in [0.717, 1.165) is 0 Å². The molecule has 1 aliphatic heterocycles. The number of aromatic nitrogens is 2. The molecule has 1 fully saturated rings. The summed E-state index contributed by atoms with van der Waals surface area (Å²) in [5.41, 5.74) is 0.964. The molecule has 21 heavy (non-hydrogen) atoms. The third-order valence-corrected chi connectivity index (χ3v) is 3.75. The minimum Gasteiger partial charge on any atom is -0.352 e. The number of piperazine rings is 1. The summed E-state index contributed by atoms with van der Waals surface area (Å²) in [7, 11) is 0. The highest BCUT2D eigenvalue weighted by atomic mass is 35.5. The molecule has 1 aromatic heterocycles. The van der Waals surface area contributed by atoms with Gasteiger partial charge in [0.25, 0.3) is 5.91 Å². The summed E-state index contributed by atoms with van der Waals surface area (Å²) in [6.45, 7) is 0.832. The number of carbonyl (C=O) groups is 2. The van der Waals surface area contributed by atoms with Crippen LogP contribution in [0.1, 0.15) is 22.1 Å². The largest absolute Gasteiger partial charge is 0.352 e. The molecule has 6 nitrogen and oxygen atoms in total. The van der Waals surface area contributed by atoms with Crippen molar-refractivity contribution in [2.24, 2.45) is 0 Å². The van der Waals surface area contributed by atoms with Gasteiger partial charge < -0.3 is 10.2 Å². The molecule has 1 saturated heterocycles. The van der Waals surface area contributed by atoms with Crippen molar-refractivity contribution < 1.29 is 9.59 Å². The van der Waals surface area contributed by atoms with Crippen LogP contribution in [0.2, 0.25) is 5.02 Å². The van der Waals surface area contributed by atoms with E-state index in [4.69, 9.17) is 11.6 Å². The number of hydrogen-bond donors (Lipinski definition) is 2. The number of carbonyl (C=O) groups excluding carboxylic acids is 2. The van der Waals surface area contributed by atoms with Crippen LogP contribution in [0, 0.1) is 0 Å². The molecule has 1 aliphatic rings. The van der Waals surface area contributed by atoms with E-state index in [2.05, 4.69) is 15.5 Å². The van der Waals surface area contributed by atoms with Gasteiger partial charge in [-0.1, -0.05) is 29.8 Å². The van der Waals surface area contributed by atoms with Crippen LogP contribution in [0.3, 0.4) is 0 Å². The van der Waals surface area contributed by atoms with E-state index in [9.17, 15) is 9.59 Å². The summed E-state index contributed by atoms with van der Waals surface area (Å²) < 4.78 is 0. The van der Waals surface area contributed by atoms with E-state index in [1.807, 2.05) is 0 Å². The quantitative estimate of drug-likeness (QED) is 0.880. The van der Waals surface area contributed by atoms with Crippen LogP contribution in [-0.4, -0.2) is 40.0 Å². The number of amides is 2. The summed E-state index contributed by atoms with van der Waals surface area (Å²) >= 11 is 6.18. The summed E-state index contributed by atoms with van der Waals surface area (Å²) in [6.07, 6.45) is 1.50. The summed E-state index contributed by atoms with van der Waals surface area (Å²) in [4.78, 5) is 26.3. The predicted octanol–water partition coefficient (Wildman–Crippen LogP) is 1.38. The number of H-pyrrole nitrogens is 1. The van der Waals surface area contributed by atoms with Crippen LogP contribution >= 0.6 is 11.6 Å². The highest BCUT2D eigenvalue weighted by Gasteiger charge is 2.36.